The summed E-state index contributed by atoms with van der Waals surface area (Å²) in [5.74, 6) is -1.69. The third-order valence-corrected chi connectivity index (χ3v) is 5.43. The fraction of sp³-hybridized carbons (Fsp3) is 0.500. The number of aromatic nitrogens is 1. The van der Waals surface area contributed by atoms with E-state index in [1.54, 1.807) is 0 Å². The van der Waals surface area contributed by atoms with Crippen LogP contribution in [0.3, 0.4) is 0 Å². The highest BCUT2D eigenvalue weighted by atomic mass is 16.4. The molecule has 1 aliphatic rings. The number of fused-ring (bicyclic) bond motifs is 1. The van der Waals surface area contributed by atoms with Crippen LogP contribution in [0.2, 0.25) is 0 Å². The molecule has 162 valence electrons. The fourth-order valence-corrected chi connectivity index (χ4v) is 3.88. The first kappa shape index (κ1) is 21.8. The molecule has 3 rings (SSSR count). The van der Waals surface area contributed by atoms with Crippen LogP contribution in [-0.2, 0) is 20.8 Å². The summed E-state index contributed by atoms with van der Waals surface area (Å²) in [5, 5.41) is 19.1. The van der Waals surface area contributed by atoms with Crippen LogP contribution >= 0.6 is 0 Å². The van der Waals surface area contributed by atoms with Crippen LogP contribution in [0.25, 0.3) is 10.9 Å². The Bertz CT molecular complexity index is 901. The number of carbonyl (C=O) groups excluding carboxylic acids is 2. The fourth-order valence-electron chi connectivity index (χ4n) is 3.88. The van der Waals surface area contributed by atoms with Gasteiger partial charge in [-0.2, -0.15) is 0 Å². The van der Waals surface area contributed by atoms with Crippen LogP contribution in [0.1, 0.15) is 38.7 Å². The number of aliphatic carboxylic acids is 1. The van der Waals surface area contributed by atoms with E-state index in [-0.39, 0.29) is 24.3 Å². The number of carboxylic acid groups (broad SMARTS) is 1. The molecule has 0 radical (unpaired) electrons. The number of para-hydroxylation sites is 1. The molecule has 0 bridgehead atoms. The molecule has 1 aromatic heterocycles. The number of nitrogens with one attached hydrogen (secondary N) is 4. The van der Waals surface area contributed by atoms with Crippen molar-refractivity contribution in [3.63, 3.8) is 0 Å². The monoisotopic (exact) mass is 414 g/mol. The molecule has 30 heavy (non-hydrogen) atoms. The van der Waals surface area contributed by atoms with Gasteiger partial charge in [0.2, 0.25) is 11.8 Å². The van der Waals surface area contributed by atoms with Crippen molar-refractivity contribution < 1.29 is 19.5 Å². The van der Waals surface area contributed by atoms with Gasteiger partial charge in [-0.15, -0.1) is 0 Å². The van der Waals surface area contributed by atoms with E-state index in [0.29, 0.717) is 6.42 Å². The molecular weight excluding hydrogens is 384 g/mol. The Hall–Kier alpha value is -2.87. The Labute approximate surface area is 175 Å². The maximum absolute atomic E-state index is 13.0. The molecule has 2 heterocycles. The van der Waals surface area contributed by atoms with Gasteiger partial charge in [0, 0.05) is 23.5 Å². The highest BCUT2D eigenvalue weighted by molar-refractivity contribution is 5.93. The molecule has 0 saturated carbocycles. The van der Waals surface area contributed by atoms with Crippen molar-refractivity contribution in [2.24, 2.45) is 5.92 Å². The molecule has 1 aliphatic heterocycles. The molecule has 5 N–H and O–H groups in total. The van der Waals surface area contributed by atoms with Crippen LogP contribution < -0.4 is 16.0 Å². The average Bonchev–Trinajstić information content (AvgIpc) is 3.37. The molecule has 8 nitrogen and oxygen atoms in total. The van der Waals surface area contributed by atoms with Gasteiger partial charge in [0.15, 0.2) is 0 Å². The Morgan fingerprint density at radius 1 is 1.17 bits per heavy atom. The second-order valence-corrected chi connectivity index (χ2v) is 8.30. The zero-order chi connectivity index (χ0) is 21.7. The Morgan fingerprint density at radius 3 is 2.60 bits per heavy atom. The lowest BCUT2D eigenvalue weighted by Crippen LogP contribution is -2.55. The number of hydrogen-bond donors (Lipinski definition) is 5. The number of hydrogen-bond acceptors (Lipinski definition) is 4. The van der Waals surface area contributed by atoms with Crippen LogP contribution in [-0.4, -0.2) is 52.5 Å². The topological polar surface area (TPSA) is 123 Å². The van der Waals surface area contributed by atoms with Gasteiger partial charge in [0.05, 0.1) is 6.04 Å². The van der Waals surface area contributed by atoms with Gasteiger partial charge in [-0.3, -0.25) is 9.59 Å². The lowest BCUT2D eigenvalue weighted by Gasteiger charge is -2.23. The van der Waals surface area contributed by atoms with E-state index < -0.39 is 24.0 Å². The number of rotatable bonds is 9. The third kappa shape index (κ3) is 5.38. The van der Waals surface area contributed by atoms with Crippen molar-refractivity contribution in [3.8, 4) is 0 Å². The smallest absolute Gasteiger partial charge is 0.326 e. The van der Waals surface area contributed by atoms with Gasteiger partial charge in [-0.1, -0.05) is 32.0 Å². The summed E-state index contributed by atoms with van der Waals surface area (Å²) >= 11 is 0. The van der Waals surface area contributed by atoms with Crippen molar-refractivity contribution in [1.29, 1.82) is 0 Å². The largest absolute Gasteiger partial charge is 0.480 e. The first-order valence-corrected chi connectivity index (χ1v) is 10.5. The zero-order valence-corrected chi connectivity index (χ0v) is 17.4. The highest BCUT2D eigenvalue weighted by Crippen LogP contribution is 2.19. The van der Waals surface area contributed by atoms with Gasteiger partial charge >= 0.3 is 5.97 Å². The molecule has 3 atom stereocenters. The molecule has 2 amide bonds. The number of aromatic amines is 1. The van der Waals surface area contributed by atoms with Crippen LogP contribution in [0.5, 0.6) is 0 Å². The summed E-state index contributed by atoms with van der Waals surface area (Å²) in [6.07, 6.45) is 4.04. The third-order valence-electron chi connectivity index (χ3n) is 5.43. The Morgan fingerprint density at radius 2 is 1.93 bits per heavy atom. The van der Waals surface area contributed by atoms with Crippen molar-refractivity contribution >= 4 is 28.7 Å². The predicted octanol–water partition coefficient (Wildman–Crippen LogP) is 1.56. The lowest BCUT2D eigenvalue weighted by molar-refractivity contribution is -0.142. The van der Waals surface area contributed by atoms with Gasteiger partial charge in [0.25, 0.3) is 0 Å². The minimum atomic E-state index is -1.08. The molecule has 0 unspecified atom stereocenters. The number of amides is 2. The van der Waals surface area contributed by atoms with E-state index >= 15 is 0 Å². The second kappa shape index (κ2) is 9.75. The van der Waals surface area contributed by atoms with Crippen molar-refractivity contribution in [2.45, 2.75) is 57.7 Å². The Kier molecular flexibility index (Phi) is 7.10. The number of benzene rings is 1. The summed E-state index contributed by atoms with van der Waals surface area (Å²) < 4.78 is 0. The molecule has 1 aromatic carbocycles. The molecule has 1 saturated heterocycles. The SMILES string of the molecule is CC(C)C[C@H](NC(=O)[C@H](Cc1c[nH]c2ccccc12)NC(=O)[C@@H]1CCCN1)C(=O)O. The number of H-pyrrole nitrogens is 1. The summed E-state index contributed by atoms with van der Waals surface area (Å²) in [7, 11) is 0. The average molecular weight is 415 g/mol. The number of carboxylic acids is 1. The van der Waals surface area contributed by atoms with E-state index in [4.69, 9.17) is 0 Å². The summed E-state index contributed by atoms with van der Waals surface area (Å²) in [4.78, 5) is 40.5. The van der Waals surface area contributed by atoms with Gasteiger partial charge < -0.3 is 26.0 Å². The van der Waals surface area contributed by atoms with E-state index in [1.165, 1.54) is 0 Å². The molecule has 8 heteroatoms. The van der Waals surface area contributed by atoms with E-state index in [2.05, 4.69) is 20.9 Å². The maximum atomic E-state index is 13.0. The van der Waals surface area contributed by atoms with Crippen LogP contribution in [0.15, 0.2) is 30.5 Å². The van der Waals surface area contributed by atoms with Crippen LogP contribution in [0.4, 0.5) is 0 Å². The predicted molar refractivity (Wildman–Crippen MR) is 114 cm³/mol. The molecule has 2 aromatic rings. The van der Waals surface area contributed by atoms with Gasteiger partial charge in [0.1, 0.15) is 12.1 Å². The van der Waals surface area contributed by atoms with E-state index in [0.717, 1.165) is 35.9 Å². The first-order valence-electron chi connectivity index (χ1n) is 10.5. The van der Waals surface area contributed by atoms with E-state index in [1.807, 2.05) is 44.3 Å². The number of carbonyl (C=O) groups is 3. The van der Waals surface area contributed by atoms with Gasteiger partial charge in [-0.25, -0.2) is 4.79 Å². The van der Waals surface area contributed by atoms with Crippen LogP contribution in [0, 0.1) is 5.92 Å². The minimum absolute atomic E-state index is 0.107. The molecular formula is C22H30N4O4. The normalized spacial score (nSPS) is 18.3. The standard InChI is InChI=1S/C22H30N4O4/c1-13(2)10-19(22(29)30)26-21(28)18(25-20(27)17-8-5-9-23-17)11-14-12-24-16-7-4-3-6-15(14)16/h3-4,6-7,12-13,17-19,23-24H,5,8-11H2,1-2H3,(H,25,27)(H,26,28)(H,29,30)/t17-,18-,19-/m0/s1. The Balaban J connectivity index is 1.79. The summed E-state index contributed by atoms with van der Waals surface area (Å²) in [5.41, 5.74) is 1.83. The maximum Gasteiger partial charge on any atom is 0.326 e. The summed E-state index contributed by atoms with van der Waals surface area (Å²) in [6.45, 7) is 4.57. The van der Waals surface area contributed by atoms with Gasteiger partial charge in [-0.05, 0) is 43.4 Å². The van der Waals surface area contributed by atoms with Crippen molar-refractivity contribution in [1.82, 2.24) is 20.9 Å². The van der Waals surface area contributed by atoms with E-state index in [9.17, 15) is 19.5 Å². The first-order chi connectivity index (χ1) is 14.3. The quantitative estimate of drug-likeness (QED) is 0.426. The van der Waals surface area contributed by atoms with Crippen molar-refractivity contribution in [3.05, 3.63) is 36.0 Å². The highest BCUT2D eigenvalue weighted by Gasteiger charge is 2.30. The second-order valence-electron chi connectivity index (χ2n) is 8.30. The molecule has 0 spiro atoms. The zero-order valence-electron chi connectivity index (χ0n) is 17.4. The molecule has 1 fully saturated rings. The van der Waals surface area contributed by atoms with Crippen molar-refractivity contribution in [2.75, 3.05) is 6.54 Å². The molecule has 0 aliphatic carbocycles. The summed E-state index contributed by atoms with van der Waals surface area (Å²) in [6, 6.07) is 5.54. The minimum Gasteiger partial charge on any atom is -0.480 e. The lowest BCUT2D eigenvalue weighted by atomic mass is 10.0.